The van der Waals surface area contributed by atoms with E-state index < -0.39 is 0 Å². The maximum Gasteiger partial charge on any atom is 0.122 e. The molecule has 1 rings (SSSR count). The smallest absolute Gasteiger partial charge is 0.122 e. The van der Waals surface area contributed by atoms with Gasteiger partial charge in [-0.1, -0.05) is 0 Å². The molecule has 14 heavy (non-hydrogen) atoms. The molecule has 1 N–H and O–H groups in total. The fourth-order valence-electron chi connectivity index (χ4n) is 1.22. The van der Waals surface area contributed by atoms with Gasteiger partial charge < -0.3 is 10.1 Å². The quantitative estimate of drug-likeness (QED) is 0.741. The van der Waals surface area contributed by atoms with Crippen molar-refractivity contribution in [1.82, 2.24) is 0 Å². The SMILES string of the molecule is CCOc1ccc(NCC#N)cc1C. The number of rotatable bonds is 4. The Labute approximate surface area is 84.3 Å². The molecule has 3 heteroatoms. The van der Waals surface area contributed by atoms with E-state index in [0.29, 0.717) is 13.2 Å². The Kier molecular flexibility index (Phi) is 3.81. The van der Waals surface area contributed by atoms with Crippen LogP contribution in [-0.2, 0) is 0 Å². The highest BCUT2D eigenvalue weighted by Gasteiger charge is 1.99. The number of nitriles is 1. The van der Waals surface area contributed by atoms with Gasteiger partial charge in [0.1, 0.15) is 12.3 Å². The first-order valence-electron chi connectivity index (χ1n) is 4.62. The lowest BCUT2D eigenvalue weighted by Gasteiger charge is -2.09. The predicted octanol–water partition coefficient (Wildman–Crippen LogP) is 2.33. The van der Waals surface area contributed by atoms with Crippen molar-refractivity contribution in [3.63, 3.8) is 0 Å². The lowest BCUT2D eigenvalue weighted by atomic mass is 10.2. The normalized spacial score (nSPS) is 9.21. The summed E-state index contributed by atoms with van der Waals surface area (Å²) in [5.41, 5.74) is 2.03. The summed E-state index contributed by atoms with van der Waals surface area (Å²) in [6.45, 7) is 4.95. The number of aryl methyl sites for hydroxylation is 1. The van der Waals surface area contributed by atoms with Crippen molar-refractivity contribution in [2.24, 2.45) is 0 Å². The van der Waals surface area contributed by atoms with E-state index in [-0.39, 0.29) is 0 Å². The van der Waals surface area contributed by atoms with Gasteiger partial charge in [0, 0.05) is 5.69 Å². The second kappa shape index (κ2) is 5.13. The van der Waals surface area contributed by atoms with E-state index in [1.54, 1.807) is 0 Å². The van der Waals surface area contributed by atoms with E-state index in [1.165, 1.54) is 0 Å². The number of benzene rings is 1. The van der Waals surface area contributed by atoms with Crippen molar-refractivity contribution in [2.75, 3.05) is 18.5 Å². The zero-order valence-electron chi connectivity index (χ0n) is 8.50. The Morgan fingerprint density at radius 3 is 2.86 bits per heavy atom. The Morgan fingerprint density at radius 1 is 1.50 bits per heavy atom. The van der Waals surface area contributed by atoms with Crippen molar-refractivity contribution in [1.29, 1.82) is 5.26 Å². The van der Waals surface area contributed by atoms with Gasteiger partial charge in [-0.3, -0.25) is 0 Å². The third-order valence-corrected chi connectivity index (χ3v) is 1.85. The minimum absolute atomic E-state index is 0.327. The lowest BCUT2D eigenvalue weighted by Crippen LogP contribution is -1.99. The average molecular weight is 190 g/mol. The molecule has 0 aliphatic heterocycles. The molecule has 0 aliphatic carbocycles. The van der Waals surface area contributed by atoms with Crippen LogP contribution < -0.4 is 10.1 Å². The van der Waals surface area contributed by atoms with Crippen LogP contribution in [0, 0.1) is 18.3 Å². The van der Waals surface area contributed by atoms with Crippen molar-refractivity contribution in [3.8, 4) is 11.8 Å². The molecule has 0 amide bonds. The highest BCUT2D eigenvalue weighted by atomic mass is 16.5. The molecule has 74 valence electrons. The Hall–Kier alpha value is -1.69. The van der Waals surface area contributed by atoms with Crippen LogP contribution in [0.3, 0.4) is 0 Å². The number of anilines is 1. The van der Waals surface area contributed by atoms with Crippen LogP contribution in [0.25, 0.3) is 0 Å². The van der Waals surface area contributed by atoms with Gasteiger partial charge in [-0.15, -0.1) is 0 Å². The van der Waals surface area contributed by atoms with Crippen molar-refractivity contribution in [3.05, 3.63) is 23.8 Å². The summed E-state index contributed by atoms with van der Waals surface area (Å²) in [6, 6.07) is 7.83. The van der Waals surface area contributed by atoms with E-state index in [1.807, 2.05) is 38.1 Å². The van der Waals surface area contributed by atoms with Gasteiger partial charge in [0.25, 0.3) is 0 Å². The molecule has 0 fully saturated rings. The molecule has 0 radical (unpaired) electrons. The monoisotopic (exact) mass is 190 g/mol. The van der Waals surface area contributed by atoms with Crippen molar-refractivity contribution in [2.45, 2.75) is 13.8 Å². The topological polar surface area (TPSA) is 45.0 Å². The molecule has 0 saturated carbocycles. The minimum atomic E-state index is 0.327. The predicted molar refractivity (Wildman–Crippen MR) is 56.5 cm³/mol. The fourth-order valence-corrected chi connectivity index (χ4v) is 1.22. The second-order valence-corrected chi connectivity index (χ2v) is 2.92. The van der Waals surface area contributed by atoms with Crippen LogP contribution in [0.4, 0.5) is 5.69 Å². The van der Waals surface area contributed by atoms with Crippen LogP contribution in [0.15, 0.2) is 18.2 Å². The summed E-state index contributed by atoms with van der Waals surface area (Å²) in [5, 5.41) is 11.4. The third kappa shape index (κ3) is 2.67. The third-order valence-electron chi connectivity index (χ3n) is 1.85. The molecule has 0 atom stereocenters. The van der Waals surface area contributed by atoms with Gasteiger partial charge in [0.05, 0.1) is 12.7 Å². The number of hydrogen-bond donors (Lipinski definition) is 1. The Morgan fingerprint density at radius 2 is 2.29 bits per heavy atom. The Bertz CT molecular complexity index is 342. The molecule has 1 aromatic rings. The van der Waals surface area contributed by atoms with Crippen molar-refractivity contribution >= 4 is 5.69 Å². The lowest BCUT2D eigenvalue weighted by molar-refractivity contribution is 0.338. The minimum Gasteiger partial charge on any atom is -0.494 e. The maximum absolute atomic E-state index is 8.40. The number of nitrogens with zero attached hydrogens (tertiary/aromatic N) is 1. The van der Waals surface area contributed by atoms with Gasteiger partial charge >= 0.3 is 0 Å². The van der Waals surface area contributed by atoms with Gasteiger partial charge in [-0.05, 0) is 37.6 Å². The van der Waals surface area contributed by atoms with Gasteiger partial charge in [-0.2, -0.15) is 5.26 Å². The number of ether oxygens (including phenoxy) is 1. The van der Waals surface area contributed by atoms with E-state index in [2.05, 4.69) is 5.32 Å². The van der Waals surface area contributed by atoms with E-state index in [4.69, 9.17) is 10.00 Å². The fraction of sp³-hybridized carbons (Fsp3) is 0.364. The molecule has 3 nitrogen and oxygen atoms in total. The van der Waals surface area contributed by atoms with E-state index >= 15 is 0 Å². The highest BCUT2D eigenvalue weighted by Crippen LogP contribution is 2.21. The maximum atomic E-state index is 8.40. The standard InChI is InChI=1S/C11H14N2O/c1-3-14-11-5-4-10(8-9(11)2)13-7-6-12/h4-5,8,13H,3,7H2,1-2H3. The summed E-state index contributed by atoms with van der Waals surface area (Å²) in [4.78, 5) is 0. The largest absolute Gasteiger partial charge is 0.494 e. The van der Waals surface area contributed by atoms with Gasteiger partial charge in [0.2, 0.25) is 0 Å². The van der Waals surface area contributed by atoms with Gasteiger partial charge in [-0.25, -0.2) is 0 Å². The first-order valence-corrected chi connectivity index (χ1v) is 4.62. The molecule has 0 aromatic heterocycles. The average Bonchev–Trinajstić information content (AvgIpc) is 2.19. The summed E-state index contributed by atoms with van der Waals surface area (Å²) < 4.78 is 5.40. The molecule has 0 heterocycles. The second-order valence-electron chi connectivity index (χ2n) is 2.92. The summed E-state index contributed by atoms with van der Waals surface area (Å²) >= 11 is 0. The van der Waals surface area contributed by atoms with Crippen LogP contribution in [0.5, 0.6) is 5.75 Å². The van der Waals surface area contributed by atoms with Gasteiger partial charge in [0.15, 0.2) is 0 Å². The summed E-state index contributed by atoms with van der Waals surface area (Å²) in [7, 11) is 0. The van der Waals surface area contributed by atoms with E-state index in [0.717, 1.165) is 17.0 Å². The van der Waals surface area contributed by atoms with Crippen LogP contribution in [-0.4, -0.2) is 13.2 Å². The molecular weight excluding hydrogens is 176 g/mol. The molecular formula is C11H14N2O. The first kappa shape index (κ1) is 10.4. The molecule has 0 bridgehead atoms. The number of hydrogen-bond acceptors (Lipinski definition) is 3. The highest BCUT2D eigenvalue weighted by molar-refractivity contribution is 5.51. The zero-order chi connectivity index (χ0) is 10.4. The van der Waals surface area contributed by atoms with E-state index in [9.17, 15) is 0 Å². The van der Waals surface area contributed by atoms with Crippen molar-refractivity contribution < 1.29 is 4.74 Å². The zero-order valence-corrected chi connectivity index (χ0v) is 8.50. The Balaban J connectivity index is 2.74. The molecule has 0 aliphatic rings. The molecule has 0 unspecified atom stereocenters. The molecule has 0 spiro atoms. The molecule has 1 aromatic carbocycles. The first-order chi connectivity index (χ1) is 6.77. The van der Waals surface area contributed by atoms with Crippen LogP contribution >= 0.6 is 0 Å². The summed E-state index contributed by atoms with van der Waals surface area (Å²) in [6.07, 6.45) is 0. The summed E-state index contributed by atoms with van der Waals surface area (Å²) in [5.74, 6) is 0.898. The number of nitrogens with one attached hydrogen (secondary N) is 1. The van der Waals surface area contributed by atoms with Crippen LogP contribution in [0.2, 0.25) is 0 Å². The molecule has 0 saturated heterocycles. The van der Waals surface area contributed by atoms with Crippen LogP contribution in [0.1, 0.15) is 12.5 Å².